The first-order chi connectivity index (χ1) is 11.1. The predicted molar refractivity (Wildman–Crippen MR) is 90.2 cm³/mol. The Kier molecular flexibility index (Phi) is 2.29. The minimum atomic E-state index is -3.81. The molecule has 0 spiro atoms. The standard InChI is InChI=1S/C18H10N2O2S/c21-23(22)19-17-15-8-4-3-7-13(15)14-10-9-11-5-1-2-6-12(11)16(14)18(17)20-23/h1-10H. The molecule has 5 heteroatoms. The van der Waals surface area contributed by atoms with Crippen LogP contribution in [0.25, 0.3) is 32.3 Å². The Morgan fingerprint density at radius 3 is 2.09 bits per heavy atom. The van der Waals surface area contributed by atoms with Crippen molar-refractivity contribution >= 4 is 42.5 Å². The lowest BCUT2D eigenvalue weighted by Crippen LogP contribution is -2.24. The van der Waals surface area contributed by atoms with E-state index < -0.39 is 10.2 Å². The second kappa shape index (κ2) is 4.14. The van der Waals surface area contributed by atoms with Crippen LogP contribution in [-0.4, -0.2) is 8.42 Å². The van der Waals surface area contributed by atoms with Crippen LogP contribution in [0.15, 0.2) is 69.5 Å². The summed E-state index contributed by atoms with van der Waals surface area (Å²) in [6, 6.07) is 19.7. The minimum Gasteiger partial charge on any atom is -0.179 e. The summed E-state index contributed by atoms with van der Waals surface area (Å²) in [5, 5.41) is 6.59. The summed E-state index contributed by atoms with van der Waals surface area (Å²) in [7, 11) is -3.81. The fourth-order valence-corrected chi connectivity index (χ4v) is 4.22. The van der Waals surface area contributed by atoms with E-state index in [2.05, 4.69) is 14.9 Å². The van der Waals surface area contributed by atoms with Crippen LogP contribution in [0.4, 0.5) is 0 Å². The maximum absolute atomic E-state index is 12.0. The van der Waals surface area contributed by atoms with Crippen molar-refractivity contribution in [3.05, 3.63) is 71.4 Å². The predicted octanol–water partition coefficient (Wildman–Crippen LogP) is 2.64. The van der Waals surface area contributed by atoms with Crippen molar-refractivity contribution in [3.8, 4) is 0 Å². The van der Waals surface area contributed by atoms with Crippen molar-refractivity contribution in [2.45, 2.75) is 0 Å². The summed E-state index contributed by atoms with van der Waals surface area (Å²) in [6.45, 7) is 0. The number of hydrogen-bond donors (Lipinski definition) is 0. The maximum Gasteiger partial charge on any atom is 0.364 e. The molecule has 0 saturated heterocycles. The van der Waals surface area contributed by atoms with Crippen LogP contribution in [0.5, 0.6) is 0 Å². The highest BCUT2D eigenvalue weighted by atomic mass is 32.2. The van der Waals surface area contributed by atoms with Crippen LogP contribution in [0, 0.1) is 0 Å². The lowest BCUT2D eigenvalue weighted by atomic mass is 9.96. The Bertz CT molecular complexity index is 1370. The van der Waals surface area contributed by atoms with E-state index in [0.717, 1.165) is 32.3 Å². The highest BCUT2D eigenvalue weighted by Gasteiger charge is 2.18. The normalized spacial score (nSPS) is 15.5. The van der Waals surface area contributed by atoms with Gasteiger partial charge in [-0.3, -0.25) is 0 Å². The molecule has 4 aromatic rings. The quantitative estimate of drug-likeness (QED) is 0.468. The second-order valence-corrected chi connectivity index (χ2v) is 6.84. The monoisotopic (exact) mass is 318 g/mol. The van der Waals surface area contributed by atoms with E-state index in [9.17, 15) is 8.42 Å². The molecule has 5 rings (SSSR count). The van der Waals surface area contributed by atoms with Gasteiger partial charge in [0.2, 0.25) is 0 Å². The van der Waals surface area contributed by atoms with Crippen LogP contribution < -0.4 is 10.7 Å². The molecule has 110 valence electrons. The molecule has 0 N–H and O–H groups in total. The summed E-state index contributed by atoms with van der Waals surface area (Å²) in [6.07, 6.45) is 0. The van der Waals surface area contributed by atoms with Gasteiger partial charge in [0.15, 0.2) is 0 Å². The van der Waals surface area contributed by atoms with Gasteiger partial charge in [-0.1, -0.05) is 60.7 Å². The first kappa shape index (κ1) is 12.7. The van der Waals surface area contributed by atoms with Gasteiger partial charge in [0, 0.05) is 10.8 Å². The van der Waals surface area contributed by atoms with Crippen LogP contribution >= 0.6 is 0 Å². The van der Waals surface area contributed by atoms with Crippen LogP contribution in [0.3, 0.4) is 0 Å². The molecule has 0 aromatic heterocycles. The van der Waals surface area contributed by atoms with Gasteiger partial charge in [-0.2, -0.15) is 8.42 Å². The molecule has 23 heavy (non-hydrogen) atoms. The van der Waals surface area contributed by atoms with Crippen molar-refractivity contribution in [2.75, 3.05) is 0 Å². The Labute approximate surface area is 131 Å². The number of fused-ring (bicyclic) bond motifs is 8. The zero-order chi connectivity index (χ0) is 15.6. The van der Waals surface area contributed by atoms with E-state index in [1.54, 1.807) is 0 Å². The first-order valence-electron chi connectivity index (χ1n) is 7.21. The molecule has 0 fully saturated rings. The van der Waals surface area contributed by atoms with Crippen LogP contribution in [0.2, 0.25) is 0 Å². The van der Waals surface area contributed by atoms with E-state index in [1.807, 2.05) is 54.6 Å². The van der Waals surface area contributed by atoms with Gasteiger partial charge in [-0.15, -0.1) is 8.80 Å². The van der Waals surface area contributed by atoms with Gasteiger partial charge in [-0.05, 0) is 21.5 Å². The van der Waals surface area contributed by atoms with E-state index in [4.69, 9.17) is 0 Å². The van der Waals surface area contributed by atoms with Crippen LogP contribution in [0.1, 0.15) is 0 Å². The van der Waals surface area contributed by atoms with Crippen molar-refractivity contribution in [1.29, 1.82) is 0 Å². The fourth-order valence-electron chi connectivity index (χ4n) is 3.35. The molecular formula is C18H10N2O2S. The second-order valence-electron chi connectivity index (χ2n) is 5.58. The van der Waals surface area contributed by atoms with Gasteiger partial charge < -0.3 is 0 Å². The molecule has 0 radical (unpaired) electrons. The number of rotatable bonds is 0. The number of hydrogen-bond acceptors (Lipinski definition) is 2. The summed E-state index contributed by atoms with van der Waals surface area (Å²) in [5.41, 5.74) is 0. The lowest BCUT2D eigenvalue weighted by Gasteiger charge is -2.07. The highest BCUT2D eigenvalue weighted by molar-refractivity contribution is 7.88. The molecule has 1 aliphatic rings. The molecule has 0 bridgehead atoms. The smallest absolute Gasteiger partial charge is 0.179 e. The van der Waals surface area contributed by atoms with Gasteiger partial charge in [0.05, 0.1) is 0 Å². The fraction of sp³-hybridized carbons (Fsp3) is 0. The van der Waals surface area contributed by atoms with Crippen LogP contribution in [-0.2, 0) is 10.2 Å². The lowest BCUT2D eigenvalue weighted by molar-refractivity contribution is 0.599. The van der Waals surface area contributed by atoms with Crippen molar-refractivity contribution in [3.63, 3.8) is 0 Å². The molecular weight excluding hydrogens is 308 g/mol. The SMILES string of the molecule is O=S1(=O)N=c2c(c3c4ccccc4ccc3c3ccccc23)=N1. The van der Waals surface area contributed by atoms with Gasteiger partial charge in [0.1, 0.15) is 10.7 Å². The molecule has 0 saturated carbocycles. The van der Waals surface area contributed by atoms with Crippen molar-refractivity contribution in [1.82, 2.24) is 0 Å². The molecule has 0 amide bonds. The molecule has 1 heterocycles. The van der Waals surface area contributed by atoms with E-state index >= 15 is 0 Å². The van der Waals surface area contributed by atoms with Gasteiger partial charge in [-0.25, -0.2) is 0 Å². The Hall–Kier alpha value is -2.79. The Morgan fingerprint density at radius 1 is 0.609 bits per heavy atom. The minimum absolute atomic E-state index is 0.449. The highest BCUT2D eigenvalue weighted by Crippen LogP contribution is 2.28. The third-order valence-corrected chi connectivity index (χ3v) is 5.10. The third-order valence-electron chi connectivity index (χ3n) is 4.28. The number of nitrogens with zero attached hydrogens (tertiary/aromatic N) is 2. The summed E-state index contributed by atoms with van der Waals surface area (Å²) in [4.78, 5) is 0. The summed E-state index contributed by atoms with van der Waals surface area (Å²) in [5.74, 6) is 0. The van der Waals surface area contributed by atoms with E-state index in [0.29, 0.717) is 10.7 Å². The Balaban J connectivity index is 2.27. The van der Waals surface area contributed by atoms with Crippen molar-refractivity contribution < 1.29 is 8.42 Å². The molecule has 0 atom stereocenters. The Morgan fingerprint density at radius 2 is 1.26 bits per heavy atom. The average Bonchev–Trinajstić information content (AvgIpc) is 2.90. The first-order valence-corrected chi connectivity index (χ1v) is 8.61. The molecule has 4 nitrogen and oxygen atoms in total. The summed E-state index contributed by atoms with van der Waals surface area (Å²) < 4.78 is 31.7. The molecule has 4 aromatic carbocycles. The maximum atomic E-state index is 12.0. The van der Waals surface area contributed by atoms with Crippen molar-refractivity contribution in [2.24, 2.45) is 8.80 Å². The van der Waals surface area contributed by atoms with E-state index in [1.165, 1.54) is 0 Å². The molecule has 0 unspecified atom stereocenters. The topological polar surface area (TPSA) is 58.9 Å². The zero-order valence-corrected chi connectivity index (χ0v) is 12.7. The summed E-state index contributed by atoms with van der Waals surface area (Å²) >= 11 is 0. The average molecular weight is 318 g/mol. The van der Waals surface area contributed by atoms with Gasteiger partial charge in [0.25, 0.3) is 0 Å². The zero-order valence-electron chi connectivity index (χ0n) is 11.9. The molecule has 1 aliphatic heterocycles. The van der Waals surface area contributed by atoms with Gasteiger partial charge >= 0.3 is 10.2 Å². The molecule has 0 aliphatic carbocycles. The number of benzene rings is 4. The largest absolute Gasteiger partial charge is 0.364 e. The van der Waals surface area contributed by atoms with E-state index in [-0.39, 0.29) is 0 Å². The third kappa shape index (κ3) is 1.68.